The fourth-order valence-electron chi connectivity index (χ4n) is 2.08. The third-order valence-corrected chi connectivity index (χ3v) is 3.04. The lowest BCUT2D eigenvalue weighted by molar-refractivity contribution is -0.130. The van der Waals surface area contributed by atoms with Crippen molar-refractivity contribution in [2.45, 2.75) is 25.8 Å². The van der Waals surface area contributed by atoms with Crippen LogP contribution in [0.25, 0.3) is 0 Å². The predicted molar refractivity (Wildman–Crippen MR) is 74.0 cm³/mol. The molecule has 1 aliphatic heterocycles. The molecular formula is C14H17N3O3. The number of urea groups is 1. The molecule has 6 heteroatoms. The summed E-state index contributed by atoms with van der Waals surface area (Å²) >= 11 is 0. The number of hydrogen-bond acceptors (Lipinski definition) is 3. The van der Waals surface area contributed by atoms with Gasteiger partial charge in [-0.1, -0.05) is 31.5 Å². The molecule has 4 amide bonds. The topological polar surface area (TPSA) is 78.5 Å². The van der Waals surface area contributed by atoms with E-state index in [1.54, 1.807) is 24.3 Å². The van der Waals surface area contributed by atoms with E-state index in [4.69, 9.17) is 0 Å². The Balaban J connectivity index is 1.94. The quantitative estimate of drug-likeness (QED) is 0.796. The van der Waals surface area contributed by atoms with Gasteiger partial charge < -0.3 is 10.6 Å². The van der Waals surface area contributed by atoms with Gasteiger partial charge in [0.2, 0.25) is 5.91 Å². The third kappa shape index (κ3) is 3.14. The van der Waals surface area contributed by atoms with Gasteiger partial charge in [-0.3, -0.25) is 14.5 Å². The maximum absolute atomic E-state index is 12.0. The van der Waals surface area contributed by atoms with Crippen LogP contribution in [0.5, 0.6) is 0 Å². The second-order valence-electron chi connectivity index (χ2n) is 4.63. The van der Waals surface area contributed by atoms with Crippen LogP contribution in [0, 0.1) is 0 Å². The SMILES string of the molecule is CCCC1NC(=O)N(CC(=O)Nc2ccccc2)C1=O. The third-order valence-electron chi connectivity index (χ3n) is 3.04. The van der Waals surface area contributed by atoms with Gasteiger partial charge in [-0.15, -0.1) is 0 Å². The largest absolute Gasteiger partial charge is 0.326 e. The lowest BCUT2D eigenvalue weighted by atomic mass is 10.2. The minimum atomic E-state index is -0.503. The summed E-state index contributed by atoms with van der Waals surface area (Å²) in [5, 5.41) is 5.23. The molecule has 0 radical (unpaired) electrons. The van der Waals surface area contributed by atoms with Crippen molar-refractivity contribution < 1.29 is 14.4 Å². The van der Waals surface area contributed by atoms with Gasteiger partial charge in [-0.25, -0.2) is 4.79 Å². The van der Waals surface area contributed by atoms with E-state index >= 15 is 0 Å². The number of benzene rings is 1. The molecule has 2 N–H and O–H groups in total. The number of anilines is 1. The van der Waals surface area contributed by atoms with Crippen LogP contribution in [0.1, 0.15) is 19.8 Å². The maximum atomic E-state index is 12.0. The summed E-state index contributed by atoms with van der Waals surface area (Å²) in [7, 11) is 0. The zero-order valence-corrected chi connectivity index (χ0v) is 11.3. The van der Waals surface area contributed by atoms with Crippen LogP contribution < -0.4 is 10.6 Å². The summed E-state index contributed by atoms with van der Waals surface area (Å²) in [5.41, 5.74) is 0.634. The molecule has 1 aromatic carbocycles. The van der Waals surface area contributed by atoms with Crippen LogP contribution in [0.3, 0.4) is 0 Å². The maximum Gasteiger partial charge on any atom is 0.325 e. The minimum Gasteiger partial charge on any atom is -0.326 e. The van der Waals surface area contributed by atoms with Crippen molar-refractivity contribution in [3.8, 4) is 0 Å². The highest BCUT2D eigenvalue weighted by atomic mass is 16.2. The molecule has 1 fully saturated rings. The molecular weight excluding hydrogens is 258 g/mol. The van der Waals surface area contributed by atoms with E-state index < -0.39 is 18.0 Å². The summed E-state index contributed by atoms with van der Waals surface area (Å²) < 4.78 is 0. The van der Waals surface area contributed by atoms with E-state index in [9.17, 15) is 14.4 Å². The second-order valence-corrected chi connectivity index (χ2v) is 4.63. The Morgan fingerprint density at radius 1 is 1.30 bits per heavy atom. The summed E-state index contributed by atoms with van der Waals surface area (Å²) in [6.07, 6.45) is 1.38. The van der Waals surface area contributed by atoms with Gasteiger partial charge in [0.1, 0.15) is 12.6 Å². The highest BCUT2D eigenvalue weighted by Gasteiger charge is 2.38. The number of rotatable bonds is 5. The van der Waals surface area contributed by atoms with Gasteiger partial charge in [0.25, 0.3) is 5.91 Å². The van der Waals surface area contributed by atoms with Crippen molar-refractivity contribution in [2.24, 2.45) is 0 Å². The number of hydrogen-bond donors (Lipinski definition) is 2. The molecule has 1 heterocycles. The highest BCUT2D eigenvalue weighted by molar-refractivity contribution is 6.07. The van der Waals surface area contributed by atoms with Crippen LogP contribution in [0.2, 0.25) is 0 Å². The second kappa shape index (κ2) is 6.18. The normalized spacial score (nSPS) is 18.1. The van der Waals surface area contributed by atoms with Gasteiger partial charge in [-0.05, 0) is 18.6 Å². The molecule has 0 spiro atoms. The lowest BCUT2D eigenvalue weighted by Gasteiger charge is -2.12. The summed E-state index contributed by atoms with van der Waals surface area (Å²) in [6, 6.07) is 7.89. The van der Waals surface area contributed by atoms with Gasteiger partial charge >= 0.3 is 6.03 Å². The van der Waals surface area contributed by atoms with Crippen molar-refractivity contribution in [1.29, 1.82) is 0 Å². The van der Waals surface area contributed by atoms with E-state index in [-0.39, 0.29) is 12.5 Å². The fourth-order valence-corrected chi connectivity index (χ4v) is 2.08. The summed E-state index contributed by atoms with van der Waals surface area (Å²) in [5.74, 6) is -0.725. The Morgan fingerprint density at radius 2 is 2.00 bits per heavy atom. The summed E-state index contributed by atoms with van der Waals surface area (Å²) in [4.78, 5) is 36.4. The van der Waals surface area contributed by atoms with Crippen molar-refractivity contribution in [3.05, 3.63) is 30.3 Å². The van der Waals surface area contributed by atoms with Crippen molar-refractivity contribution in [2.75, 3.05) is 11.9 Å². The number of amides is 4. The van der Waals surface area contributed by atoms with Gasteiger partial charge in [0.15, 0.2) is 0 Å². The van der Waals surface area contributed by atoms with Crippen molar-refractivity contribution >= 4 is 23.5 Å². The molecule has 0 saturated carbocycles. The van der Waals surface area contributed by atoms with Gasteiger partial charge in [0.05, 0.1) is 0 Å². The lowest BCUT2D eigenvalue weighted by Crippen LogP contribution is -2.38. The van der Waals surface area contributed by atoms with E-state index in [2.05, 4.69) is 10.6 Å². The summed E-state index contributed by atoms with van der Waals surface area (Å²) in [6.45, 7) is 1.67. The molecule has 1 saturated heterocycles. The Bertz CT molecular complexity index is 516. The Kier molecular flexibility index (Phi) is 4.34. The highest BCUT2D eigenvalue weighted by Crippen LogP contribution is 2.11. The number of carbonyl (C=O) groups is 3. The van der Waals surface area contributed by atoms with Crippen LogP contribution in [-0.2, 0) is 9.59 Å². The van der Waals surface area contributed by atoms with E-state index in [0.717, 1.165) is 11.3 Å². The average Bonchev–Trinajstić information content (AvgIpc) is 2.68. The van der Waals surface area contributed by atoms with E-state index in [0.29, 0.717) is 12.1 Å². The molecule has 6 nitrogen and oxygen atoms in total. The van der Waals surface area contributed by atoms with Gasteiger partial charge in [0, 0.05) is 5.69 Å². The Morgan fingerprint density at radius 3 is 2.65 bits per heavy atom. The minimum absolute atomic E-state index is 0.264. The molecule has 20 heavy (non-hydrogen) atoms. The predicted octanol–water partition coefficient (Wildman–Crippen LogP) is 1.35. The molecule has 1 aliphatic rings. The molecule has 0 bridgehead atoms. The smallest absolute Gasteiger partial charge is 0.325 e. The average molecular weight is 275 g/mol. The standard InChI is InChI=1S/C14H17N3O3/c1-2-6-11-13(19)17(14(20)16-11)9-12(18)15-10-7-4-3-5-8-10/h3-5,7-8,11H,2,6,9H2,1H3,(H,15,18)(H,16,20). The first-order chi connectivity index (χ1) is 9.61. The molecule has 0 aromatic heterocycles. The zero-order chi connectivity index (χ0) is 14.5. The van der Waals surface area contributed by atoms with Gasteiger partial charge in [-0.2, -0.15) is 0 Å². The van der Waals surface area contributed by atoms with Crippen LogP contribution >= 0.6 is 0 Å². The Hall–Kier alpha value is -2.37. The number of para-hydroxylation sites is 1. The molecule has 1 atom stereocenters. The zero-order valence-electron chi connectivity index (χ0n) is 11.3. The molecule has 2 rings (SSSR count). The number of nitrogens with one attached hydrogen (secondary N) is 2. The van der Waals surface area contributed by atoms with E-state index in [1.165, 1.54) is 0 Å². The first kappa shape index (κ1) is 14.0. The van der Waals surface area contributed by atoms with Crippen molar-refractivity contribution in [1.82, 2.24) is 10.2 Å². The first-order valence-corrected chi connectivity index (χ1v) is 6.58. The molecule has 0 aliphatic carbocycles. The van der Waals surface area contributed by atoms with Crippen LogP contribution in [0.15, 0.2) is 30.3 Å². The monoisotopic (exact) mass is 275 g/mol. The number of nitrogens with zero attached hydrogens (tertiary/aromatic N) is 1. The first-order valence-electron chi connectivity index (χ1n) is 6.58. The molecule has 1 unspecified atom stereocenters. The fraction of sp³-hybridized carbons (Fsp3) is 0.357. The number of imide groups is 1. The molecule has 1 aromatic rings. The number of carbonyl (C=O) groups excluding carboxylic acids is 3. The van der Waals surface area contributed by atoms with Crippen LogP contribution in [-0.4, -0.2) is 35.3 Å². The Labute approximate surface area is 117 Å². The van der Waals surface area contributed by atoms with E-state index in [1.807, 2.05) is 13.0 Å². The van der Waals surface area contributed by atoms with Crippen molar-refractivity contribution in [3.63, 3.8) is 0 Å². The molecule has 106 valence electrons. The van der Waals surface area contributed by atoms with Crippen LogP contribution in [0.4, 0.5) is 10.5 Å².